The number of rotatable bonds is 5. The Labute approximate surface area is 202 Å². The topological polar surface area (TPSA) is 113 Å². The lowest BCUT2D eigenvalue weighted by Crippen LogP contribution is -2.34. The van der Waals surface area contributed by atoms with E-state index in [2.05, 4.69) is 10.3 Å². The Hall–Kier alpha value is -4.31. The quantitative estimate of drug-likeness (QED) is 0.422. The Morgan fingerprint density at radius 1 is 0.829 bits per heavy atom. The number of carbonyl (C=O) groups excluding carboxylic acids is 2. The van der Waals surface area contributed by atoms with Crippen molar-refractivity contribution in [3.8, 4) is 0 Å². The zero-order valence-corrected chi connectivity index (χ0v) is 19.8. The standard InChI is InChI=1S/C25H21N5O4S/c1-16(31)18-7-11-20(12-8-18)29-15-30(25-24(29)27-22-5-3-4-6-23(22)28-25)35(33,34)21-13-9-19(10-14-21)26-17(2)32/h3-14H,15H2,1-2H3,(H,26,32). The van der Waals surface area contributed by atoms with Crippen LogP contribution < -0.4 is 14.5 Å². The van der Waals surface area contributed by atoms with E-state index in [1.54, 1.807) is 35.2 Å². The zero-order valence-electron chi connectivity index (χ0n) is 19.0. The summed E-state index contributed by atoms with van der Waals surface area (Å²) in [6, 6.07) is 20.1. The van der Waals surface area contributed by atoms with Crippen LogP contribution >= 0.6 is 0 Å². The maximum Gasteiger partial charge on any atom is 0.267 e. The molecule has 3 aromatic carbocycles. The number of nitrogens with one attached hydrogen (secondary N) is 1. The summed E-state index contributed by atoms with van der Waals surface area (Å²) < 4.78 is 28.6. The molecule has 5 rings (SSSR count). The van der Waals surface area contributed by atoms with Gasteiger partial charge in [-0.3, -0.25) is 9.59 Å². The van der Waals surface area contributed by atoms with Gasteiger partial charge < -0.3 is 10.2 Å². The first-order valence-electron chi connectivity index (χ1n) is 10.8. The summed E-state index contributed by atoms with van der Waals surface area (Å²) in [6.07, 6.45) is 0. The Morgan fingerprint density at radius 2 is 1.43 bits per heavy atom. The van der Waals surface area contributed by atoms with Gasteiger partial charge in [-0.1, -0.05) is 12.1 Å². The number of hydrogen-bond acceptors (Lipinski definition) is 7. The second-order valence-corrected chi connectivity index (χ2v) is 9.95. The molecular weight excluding hydrogens is 466 g/mol. The second kappa shape index (κ2) is 8.48. The average molecular weight is 488 g/mol. The van der Waals surface area contributed by atoms with E-state index in [9.17, 15) is 18.0 Å². The van der Waals surface area contributed by atoms with Gasteiger partial charge in [-0.05, 0) is 67.6 Å². The number of ketones is 1. The molecule has 0 aliphatic carbocycles. The fraction of sp³-hybridized carbons (Fsp3) is 0.120. The van der Waals surface area contributed by atoms with Crippen molar-refractivity contribution < 1.29 is 18.0 Å². The van der Waals surface area contributed by atoms with E-state index >= 15 is 0 Å². The normalized spacial score (nSPS) is 13.1. The second-order valence-electron chi connectivity index (χ2n) is 8.09. The van der Waals surface area contributed by atoms with Crippen molar-refractivity contribution in [1.82, 2.24) is 9.97 Å². The number of amides is 1. The van der Waals surface area contributed by atoms with Crippen LogP contribution in [0, 0.1) is 0 Å². The lowest BCUT2D eigenvalue weighted by Gasteiger charge is -2.21. The highest BCUT2D eigenvalue weighted by Crippen LogP contribution is 2.41. The summed E-state index contributed by atoms with van der Waals surface area (Å²) in [5.41, 5.74) is 2.94. The minimum Gasteiger partial charge on any atom is -0.326 e. The van der Waals surface area contributed by atoms with E-state index in [-0.39, 0.29) is 29.1 Å². The van der Waals surface area contributed by atoms with Gasteiger partial charge in [-0.2, -0.15) is 0 Å². The van der Waals surface area contributed by atoms with E-state index in [1.807, 2.05) is 18.2 Å². The minimum atomic E-state index is -4.01. The van der Waals surface area contributed by atoms with E-state index in [0.29, 0.717) is 33.8 Å². The van der Waals surface area contributed by atoms with Gasteiger partial charge in [0, 0.05) is 23.9 Å². The Morgan fingerprint density at radius 3 is 2.00 bits per heavy atom. The molecule has 0 spiro atoms. The van der Waals surface area contributed by atoms with Crippen LogP contribution in [-0.2, 0) is 14.8 Å². The third-order valence-electron chi connectivity index (χ3n) is 5.64. The van der Waals surface area contributed by atoms with Crippen LogP contribution in [0.15, 0.2) is 77.7 Å². The first-order valence-corrected chi connectivity index (χ1v) is 12.2. The smallest absolute Gasteiger partial charge is 0.267 e. The van der Waals surface area contributed by atoms with Crippen molar-refractivity contribution in [3.63, 3.8) is 0 Å². The van der Waals surface area contributed by atoms with Crippen LogP contribution in [0.4, 0.5) is 23.0 Å². The molecule has 0 unspecified atom stereocenters. The Balaban J connectivity index is 1.60. The molecule has 0 bridgehead atoms. The van der Waals surface area contributed by atoms with E-state index in [4.69, 9.17) is 4.98 Å². The van der Waals surface area contributed by atoms with Gasteiger partial charge in [0.15, 0.2) is 17.4 Å². The number of benzene rings is 3. The predicted molar refractivity (Wildman–Crippen MR) is 133 cm³/mol. The fourth-order valence-electron chi connectivity index (χ4n) is 3.90. The largest absolute Gasteiger partial charge is 0.326 e. The van der Waals surface area contributed by atoms with Crippen LogP contribution in [0.1, 0.15) is 24.2 Å². The molecule has 4 aromatic rings. The summed E-state index contributed by atoms with van der Waals surface area (Å²) in [7, 11) is -4.01. The monoisotopic (exact) mass is 487 g/mol. The van der Waals surface area contributed by atoms with Gasteiger partial charge in [0.05, 0.1) is 15.9 Å². The lowest BCUT2D eigenvalue weighted by atomic mass is 10.1. The van der Waals surface area contributed by atoms with Gasteiger partial charge >= 0.3 is 0 Å². The summed E-state index contributed by atoms with van der Waals surface area (Å²) in [4.78, 5) is 34.2. The summed E-state index contributed by atoms with van der Waals surface area (Å²) >= 11 is 0. The molecule has 1 aromatic heterocycles. The van der Waals surface area contributed by atoms with Crippen molar-refractivity contribution in [2.24, 2.45) is 0 Å². The van der Waals surface area contributed by atoms with Crippen molar-refractivity contribution in [2.45, 2.75) is 18.7 Å². The first kappa shape index (κ1) is 22.5. The zero-order chi connectivity index (χ0) is 24.7. The molecule has 1 aliphatic rings. The molecule has 0 radical (unpaired) electrons. The molecular formula is C25H21N5O4S. The molecule has 35 heavy (non-hydrogen) atoms. The van der Waals surface area contributed by atoms with Crippen LogP contribution in [0.25, 0.3) is 11.0 Å². The van der Waals surface area contributed by atoms with Gasteiger partial charge in [0.2, 0.25) is 5.91 Å². The maximum absolute atomic E-state index is 13.7. The first-order chi connectivity index (χ1) is 16.7. The van der Waals surface area contributed by atoms with Crippen molar-refractivity contribution >= 4 is 55.8 Å². The molecule has 0 fully saturated rings. The number of fused-ring (bicyclic) bond motifs is 2. The number of Topliss-reactive ketones (excluding diaryl/α,β-unsaturated/α-hetero) is 1. The van der Waals surface area contributed by atoms with Gasteiger partial charge in [-0.25, -0.2) is 22.7 Å². The SMILES string of the molecule is CC(=O)Nc1ccc(S(=O)(=O)N2CN(c3ccc(C(C)=O)cc3)c3nc4ccccc4nc32)cc1. The van der Waals surface area contributed by atoms with Gasteiger partial charge in [-0.15, -0.1) is 0 Å². The number of aromatic nitrogens is 2. The highest BCUT2D eigenvalue weighted by Gasteiger charge is 2.38. The van der Waals surface area contributed by atoms with Crippen LogP contribution in [0.3, 0.4) is 0 Å². The molecule has 1 N–H and O–H groups in total. The summed E-state index contributed by atoms with van der Waals surface area (Å²) in [5.74, 6) is 0.307. The summed E-state index contributed by atoms with van der Waals surface area (Å²) in [5, 5.41) is 2.63. The molecule has 0 atom stereocenters. The van der Waals surface area contributed by atoms with E-state index in [1.165, 1.54) is 42.4 Å². The van der Waals surface area contributed by atoms with E-state index < -0.39 is 10.0 Å². The molecule has 176 valence electrons. The molecule has 2 heterocycles. The Bertz CT molecular complexity index is 1570. The number of nitrogens with zero attached hydrogens (tertiary/aromatic N) is 4. The van der Waals surface area contributed by atoms with Crippen LogP contribution in [0.2, 0.25) is 0 Å². The van der Waals surface area contributed by atoms with Gasteiger partial charge in [0.25, 0.3) is 10.0 Å². The van der Waals surface area contributed by atoms with Crippen LogP contribution in [-0.4, -0.2) is 36.7 Å². The Kier molecular flexibility index (Phi) is 5.45. The third kappa shape index (κ3) is 4.08. The van der Waals surface area contributed by atoms with E-state index in [0.717, 1.165) is 0 Å². The molecule has 1 aliphatic heterocycles. The van der Waals surface area contributed by atoms with Crippen molar-refractivity contribution in [3.05, 3.63) is 78.4 Å². The molecule has 0 saturated carbocycles. The van der Waals surface area contributed by atoms with Crippen LogP contribution in [0.5, 0.6) is 0 Å². The number of hydrogen-bond donors (Lipinski definition) is 1. The van der Waals surface area contributed by atoms with Crippen molar-refractivity contribution in [1.29, 1.82) is 0 Å². The predicted octanol–water partition coefficient (Wildman–Crippen LogP) is 4.10. The molecule has 1 amide bonds. The lowest BCUT2D eigenvalue weighted by molar-refractivity contribution is -0.114. The summed E-state index contributed by atoms with van der Waals surface area (Å²) in [6.45, 7) is 2.83. The van der Waals surface area contributed by atoms with Gasteiger partial charge in [0.1, 0.15) is 6.67 Å². The number of carbonyl (C=O) groups is 2. The third-order valence-corrected chi connectivity index (χ3v) is 7.38. The maximum atomic E-state index is 13.7. The minimum absolute atomic E-state index is 0.0408. The van der Waals surface area contributed by atoms with Crippen molar-refractivity contribution in [2.75, 3.05) is 21.2 Å². The number of sulfonamides is 1. The highest BCUT2D eigenvalue weighted by atomic mass is 32.2. The number of anilines is 4. The molecule has 10 heteroatoms. The fourth-order valence-corrected chi connectivity index (χ4v) is 5.25. The molecule has 9 nitrogen and oxygen atoms in total. The number of para-hydroxylation sites is 2. The average Bonchev–Trinajstić information content (AvgIpc) is 3.22. The molecule has 0 saturated heterocycles. The highest BCUT2D eigenvalue weighted by molar-refractivity contribution is 7.92.